The zero-order chi connectivity index (χ0) is 13.8. The van der Waals surface area contributed by atoms with Crippen LogP contribution in [-0.4, -0.2) is 61.1 Å². The van der Waals surface area contributed by atoms with Gasteiger partial charge in [0.25, 0.3) is 5.91 Å². The highest BCUT2D eigenvalue weighted by Crippen LogP contribution is 2.15. The highest BCUT2D eigenvalue weighted by Gasteiger charge is 2.25. The molecule has 2 aliphatic rings. The van der Waals surface area contributed by atoms with E-state index in [2.05, 4.69) is 4.90 Å². The summed E-state index contributed by atoms with van der Waals surface area (Å²) in [6.07, 6.45) is 2.78. The summed E-state index contributed by atoms with van der Waals surface area (Å²) in [6, 6.07) is 9.56. The van der Waals surface area contributed by atoms with Crippen molar-refractivity contribution in [2.45, 2.75) is 18.9 Å². The van der Waals surface area contributed by atoms with Crippen LogP contribution in [0.1, 0.15) is 23.2 Å². The zero-order valence-corrected chi connectivity index (χ0v) is 11.8. The third kappa shape index (κ3) is 3.19. The van der Waals surface area contributed by atoms with Crippen LogP contribution in [-0.2, 0) is 4.74 Å². The molecule has 0 spiro atoms. The molecule has 0 bridgehead atoms. The van der Waals surface area contributed by atoms with Crippen molar-refractivity contribution in [2.24, 2.45) is 0 Å². The molecule has 1 unspecified atom stereocenters. The number of carbonyl (C=O) groups excluding carboxylic acids is 1. The van der Waals surface area contributed by atoms with E-state index in [1.807, 2.05) is 35.2 Å². The molecule has 1 aromatic carbocycles. The van der Waals surface area contributed by atoms with Crippen molar-refractivity contribution in [3.05, 3.63) is 35.9 Å². The first-order chi connectivity index (χ1) is 9.83. The summed E-state index contributed by atoms with van der Waals surface area (Å²) >= 11 is 0. The lowest BCUT2D eigenvalue weighted by molar-refractivity contribution is 0.0433. The first-order valence-electron chi connectivity index (χ1n) is 7.51. The smallest absolute Gasteiger partial charge is 0.253 e. The molecule has 20 heavy (non-hydrogen) atoms. The number of benzene rings is 1. The van der Waals surface area contributed by atoms with E-state index in [4.69, 9.17) is 4.74 Å². The minimum absolute atomic E-state index is 0.155. The maximum Gasteiger partial charge on any atom is 0.253 e. The van der Waals surface area contributed by atoms with Gasteiger partial charge in [-0.25, -0.2) is 0 Å². The Morgan fingerprint density at radius 3 is 2.55 bits per heavy atom. The molecule has 2 heterocycles. The monoisotopic (exact) mass is 274 g/mol. The molecule has 1 atom stereocenters. The Balaban J connectivity index is 1.49. The molecule has 1 amide bonds. The molecule has 2 fully saturated rings. The SMILES string of the molecule is O=C(c1ccccc1)N1CCN(CC2CCCO2)CC1. The quantitative estimate of drug-likeness (QED) is 0.840. The fourth-order valence-corrected chi connectivity index (χ4v) is 2.97. The van der Waals surface area contributed by atoms with Crippen molar-refractivity contribution in [3.63, 3.8) is 0 Å². The summed E-state index contributed by atoms with van der Waals surface area (Å²) in [5.74, 6) is 0.155. The number of hydrogen-bond acceptors (Lipinski definition) is 3. The molecule has 0 radical (unpaired) electrons. The predicted molar refractivity (Wildman–Crippen MR) is 77.8 cm³/mol. The summed E-state index contributed by atoms with van der Waals surface area (Å²) in [5.41, 5.74) is 0.792. The first-order valence-corrected chi connectivity index (χ1v) is 7.51. The average molecular weight is 274 g/mol. The van der Waals surface area contributed by atoms with Crippen molar-refractivity contribution in [2.75, 3.05) is 39.3 Å². The molecule has 3 rings (SSSR count). The minimum atomic E-state index is 0.155. The van der Waals surface area contributed by atoms with Gasteiger partial charge in [0.1, 0.15) is 0 Å². The average Bonchev–Trinajstić information content (AvgIpc) is 3.01. The van der Waals surface area contributed by atoms with E-state index >= 15 is 0 Å². The lowest BCUT2D eigenvalue weighted by Gasteiger charge is -2.35. The number of nitrogens with zero attached hydrogens (tertiary/aromatic N) is 2. The van der Waals surface area contributed by atoms with Crippen molar-refractivity contribution < 1.29 is 9.53 Å². The van der Waals surface area contributed by atoms with Crippen LogP contribution in [0.5, 0.6) is 0 Å². The maximum absolute atomic E-state index is 12.3. The van der Waals surface area contributed by atoms with Gasteiger partial charge in [-0.1, -0.05) is 18.2 Å². The molecule has 0 N–H and O–H groups in total. The van der Waals surface area contributed by atoms with Gasteiger partial charge in [0.2, 0.25) is 0 Å². The Labute approximate surface area is 120 Å². The summed E-state index contributed by atoms with van der Waals surface area (Å²) in [7, 11) is 0. The normalized spacial score (nSPS) is 24.0. The standard InChI is InChI=1S/C16H22N2O2/c19-16(14-5-2-1-3-6-14)18-10-8-17(9-11-18)13-15-7-4-12-20-15/h1-3,5-6,15H,4,7-13H2. The second-order valence-corrected chi connectivity index (χ2v) is 5.59. The number of hydrogen-bond donors (Lipinski definition) is 0. The molecule has 2 saturated heterocycles. The van der Waals surface area contributed by atoms with Gasteiger partial charge in [-0.2, -0.15) is 0 Å². The highest BCUT2D eigenvalue weighted by atomic mass is 16.5. The van der Waals surface area contributed by atoms with Crippen LogP contribution in [0.4, 0.5) is 0 Å². The topological polar surface area (TPSA) is 32.8 Å². The largest absolute Gasteiger partial charge is 0.377 e. The number of amides is 1. The molecule has 2 aliphatic heterocycles. The van der Waals surface area contributed by atoms with Crippen molar-refractivity contribution in [1.29, 1.82) is 0 Å². The molecular weight excluding hydrogens is 252 g/mol. The molecule has 0 saturated carbocycles. The van der Waals surface area contributed by atoms with Crippen LogP contribution in [0.3, 0.4) is 0 Å². The van der Waals surface area contributed by atoms with Gasteiger partial charge in [-0.15, -0.1) is 0 Å². The Kier molecular flexibility index (Phi) is 4.33. The van der Waals surface area contributed by atoms with Crippen LogP contribution >= 0.6 is 0 Å². The number of ether oxygens (including phenoxy) is 1. The second kappa shape index (κ2) is 6.37. The van der Waals surface area contributed by atoms with Gasteiger partial charge in [0, 0.05) is 44.9 Å². The predicted octanol–water partition coefficient (Wildman–Crippen LogP) is 1.62. The van der Waals surface area contributed by atoms with E-state index in [0.717, 1.165) is 44.9 Å². The van der Waals surface area contributed by atoms with Gasteiger partial charge >= 0.3 is 0 Å². The van der Waals surface area contributed by atoms with E-state index in [0.29, 0.717) is 6.10 Å². The summed E-state index contributed by atoms with van der Waals surface area (Å²) in [4.78, 5) is 16.7. The minimum Gasteiger partial charge on any atom is -0.377 e. The van der Waals surface area contributed by atoms with Crippen LogP contribution < -0.4 is 0 Å². The molecule has 0 aromatic heterocycles. The Morgan fingerprint density at radius 2 is 1.90 bits per heavy atom. The third-order valence-electron chi connectivity index (χ3n) is 4.17. The van der Waals surface area contributed by atoms with Crippen LogP contribution in [0.15, 0.2) is 30.3 Å². The molecule has 4 nitrogen and oxygen atoms in total. The summed E-state index contributed by atoms with van der Waals surface area (Å²) in [6.45, 7) is 5.49. The fourth-order valence-electron chi connectivity index (χ4n) is 2.97. The van der Waals surface area contributed by atoms with Crippen LogP contribution in [0.25, 0.3) is 0 Å². The molecule has 1 aromatic rings. The van der Waals surface area contributed by atoms with E-state index in [1.165, 1.54) is 12.8 Å². The lowest BCUT2D eigenvalue weighted by atomic mass is 10.1. The van der Waals surface area contributed by atoms with E-state index in [-0.39, 0.29) is 5.91 Å². The van der Waals surface area contributed by atoms with Crippen LogP contribution in [0, 0.1) is 0 Å². The van der Waals surface area contributed by atoms with Crippen molar-refractivity contribution >= 4 is 5.91 Å². The highest BCUT2D eigenvalue weighted by molar-refractivity contribution is 5.94. The first kappa shape index (κ1) is 13.6. The number of rotatable bonds is 3. The Hall–Kier alpha value is -1.39. The van der Waals surface area contributed by atoms with E-state index in [9.17, 15) is 4.79 Å². The van der Waals surface area contributed by atoms with Gasteiger partial charge in [-0.3, -0.25) is 9.69 Å². The molecule has 0 aliphatic carbocycles. The number of piperazine rings is 1. The number of carbonyl (C=O) groups is 1. The lowest BCUT2D eigenvalue weighted by Crippen LogP contribution is -2.50. The van der Waals surface area contributed by atoms with E-state index < -0.39 is 0 Å². The van der Waals surface area contributed by atoms with Crippen molar-refractivity contribution in [1.82, 2.24) is 9.80 Å². The molecule has 108 valence electrons. The molecule has 4 heteroatoms. The summed E-state index contributed by atoms with van der Waals surface area (Å²) in [5, 5.41) is 0. The maximum atomic E-state index is 12.3. The van der Waals surface area contributed by atoms with Gasteiger partial charge in [0.15, 0.2) is 0 Å². The van der Waals surface area contributed by atoms with Gasteiger partial charge < -0.3 is 9.64 Å². The van der Waals surface area contributed by atoms with Gasteiger partial charge in [0.05, 0.1) is 6.10 Å². The van der Waals surface area contributed by atoms with Crippen molar-refractivity contribution in [3.8, 4) is 0 Å². The molecular formula is C16H22N2O2. The Morgan fingerprint density at radius 1 is 1.15 bits per heavy atom. The van der Waals surface area contributed by atoms with Gasteiger partial charge in [-0.05, 0) is 25.0 Å². The second-order valence-electron chi connectivity index (χ2n) is 5.59. The van der Waals surface area contributed by atoms with E-state index in [1.54, 1.807) is 0 Å². The third-order valence-corrected chi connectivity index (χ3v) is 4.17. The van der Waals surface area contributed by atoms with Crippen LogP contribution in [0.2, 0.25) is 0 Å². The zero-order valence-electron chi connectivity index (χ0n) is 11.8. The Bertz CT molecular complexity index is 435. The summed E-state index contributed by atoms with van der Waals surface area (Å²) < 4.78 is 5.68. The fraction of sp³-hybridized carbons (Fsp3) is 0.562.